The number of anilines is 1. The van der Waals surface area contributed by atoms with E-state index in [2.05, 4.69) is 9.97 Å². The van der Waals surface area contributed by atoms with E-state index < -0.39 is 5.91 Å². The maximum absolute atomic E-state index is 13.2. The second kappa shape index (κ2) is 8.51. The van der Waals surface area contributed by atoms with E-state index in [1.54, 1.807) is 36.7 Å². The Kier molecular flexibility index (Phi) is 5.62. The lowest BCUT2D eigenvalue weighted by atomic mass is 9.98. The zero-order valence-corrected chi connectivity index (χ0v) is 17.5. The Morgan fingerprint density at radius 1 is 1.10 bits per heavy atom. The van der Waals surface area contributed by atoms with Crippen molar-refractivity contribution in [3.63, 3.8) is 0 Å². The molecule has 2 aromatic heterocycles. The van der Waals surface area contributed by atoms with Gasteiger partial charge in [0.1, 0.15) is 5.69 Å². The molecule has 2 N–H and O–H groups in total. The first-order valence-electron chi connectivity index (χ1n) is 10.1. The van der Waals surface area contributed by atoms with Gasteiger partial charge in [-0.15, -0.1) is 0 Å². The zero-order valence-electron chi connectivity index (χ0n) is 17.5. The summed E-state index contributed by atoms with van der Waals surface area (Å²) in [5.74, 6) is -0.0123. The van der Waals surface area contributed by atoms with E-state index in [0.717, 1.165) is 29.7 Å². The number of nitrogens with two attached hydrogens (primary N) is 1. The summed E-state index contributed by atoms with van der Waals surface area (Å²) in [5, 5.41) is 0. The molecule has 0 radical (unpaired) electrons. The average molecular weight is 416 g/mol. The van der Waals surface area contributed by atoms with E-state index in [9.17, 15) is 9.59 Å². The monoisotopic (exact) mass is 416 g/mol. The van der Waals surface area contributed by atoms with Gasteiger partial charge in [-0.05, 0) is 42.7 Å². The largest absolute Gasteiger partial charge is 0.366 e. The topological polar surface area (TPSA) is 105 Å². The predicted molar refractivity (Wildman–Crippen MR) is 118 cm³/mol. The number of rotatable bonds is 5. The van der Waals surface area contributed by atoms with Crippen molar-refractivity contribution in [2.75, 3.05) is 25.5 Å². The number of pyridine rings is 1. The van der Waals surface area contributed by atoms with Gasteiger partial charge in [-0.1, -0.05) is 18.2 Å². The summed E-state index contributed by atoms with van der Waals surface area (Å²) in [6.45, 7) is 0.640. The maximum atomic E-state index is 13.2. The highest BCUT2D eigenvalue weighted by molar-refractivity contribution is 5.94. The van der Waals surface area contributed by atoms with Crippen LogP contribution >= 0.6 is 0 Å². The number of amides is 2. The van der Waals surface area contributed by atoms with Crippen molar-refractivity contribution in [1.29, 1.82) is 0 Å². The minimum atomic E-state index is -0.478. The highest BCUT2D eigenvalue weighted by atomic mass is 16.2. The molecule has 3 heterocycles. The molecule has 8 nitrogen and oxygen atoms in total. The van der Waals surface area contributed by atoms with Gasteiger partial charge in [-0.25, -0.2) is 9.97 Å². The zero-order chi connectivity index (χ0) is 22.0. The van der Waals surface area contributed by atoms with Crippen LogP contribution in [0.15, 0.2) is 54.9 Å². The van der Waals surface area contributed by atoms with Crippen molar-refractivity contribution in [1.82, 2.24) is 19.9 Å². The molecule has 0 saturated carbocycles. The van der Waals surface area contributed by atoms with E-state index in [4.69, 9.17) is 10.7 Å². The number of carbonyl (C=O) groups excluding carboxylic acids is 2. The smallest absolute Gasteiger partial charge is 0.273 e. The summed E-state index contributed by atoms with van der Waals surface area (Å²) in [6.07, 6.45) is 5.08. The van der Waals surface area contributed by atoms with Gasteiger partial charge in [0.25, 0.3) is 5.91 Å². The summed E-state index contributed by atoms with van der Waals surface area (Å²) >= 11 is 0. The van der Waals surface area contributed by atoms with E-state index >= 15 is 0 Å². The van der Waals surface area contributed by atoms with Crippen LogP contribution in [0.25, 0.3) is 11.1 Å². The van der Waals surface area contributed by atoms with Gasteiger partial charge < -0.3 is 15.5 Å². The number of hydrogen-bond acceptors (Lipinski definition) is 6. The number of carbonyl (C=O) groups is 2. The molecule has 1 saturated heterocycles. The normalized spacial score (nSPS) is 15.7. The lowest BCUT2D eigenvalue weighted by Gasteiger charge is -2.26. The van der Waals surface area contributed by atoms with Gasteiger partial charge in [0.15, 0.2) is 0 Å². The third-order valence-corrected chi connectivity index (χ3v) is 5.40. The van der Waals surface area contributed by atoms with Crippen molar-refractivity contribution in [3.8, 4) is 11.1 Å². The summed E-state index contributed by atoms with van der Waals surface area (Å²) in [5.41, 5.74) is 8.70. The maximum Gasteiger partial charge on any atom is 0.273 e. The third kappa shape index (κ3) is 4.09. The first kappa shape index (κ1) is 20.5. The first-order valence-corrected chi connectivity index (χ1v) is 10.1. The van der Waals surface area contributed by atoms with Crippen LogP contribution in [-0.4, -0.2) is 52.3 Å². The fourth-order valence-electron chi connectivity index (χ4n) is 3.82. The molecule has 0 unspecified atom stereocenters. The van der Waals surface area contributed by atoms with Crippen LogP contribution in [0.3, 0.4) is 0 Å². The molecule has 1 atom stereocenters. The molecule has 1 fully saturated rings. The van der Waals surface area contributed by atoms with Crippen molar-refractivity contribution in [2.24, 2.45) is 5.73 Å². The summed E-state index contributed by atoms with van der Waals surface area (Å²) in [4.78, 5) is 41.8. The van der Waals surface area contributed by atoms with Gasteiger partial charge in [0.2, 0.25) is 11.9 Å². The molecule has 1 aliphatic rings. The Morgan fingerprint density at radius 3 is 2.52 bits per heavy atom. The Morgan fingerprint density at radius 2 is 1.87 bits per heavy atom. The molecule has 3 aromatic rings. The molecule has 1 aliphatic heterocycles. The van der Waals surface area contributed by atoms with Crippen molar-refractivity contribution < 1.29 is 9.59 Å². The highest BCUT2D eigenvalue weighted by Gasteiger charge is 2.34. The molecule has 0 aliphatic carbocycles. The molecule has 1 aromatic carbocycles. The summed E-state index contributed by atoms with van der Waals surface area (Å²) < 4.78 is 0. The Bertz CT molecular complexity index is 1100. The number of benzene rings is 1. The van der Waals surface area contributed by atoms with Crippen molar-refractivity contribution in [3.05, 3.63) is 71.8 Å². The molecular formula is C23H24N6O2. The van der Waals surface area contributed by atoms with Crippen LogP contribution in [0.5, 0.6) is 0 Å². The van der Waals surface area contributed by atoms with Gasteiger partial charge in [0, 0.05) is 44.2 Å². The van der Waals surface area contributed by atoms with E-state index in [0.29, 0.717) is 23.8 Å². The van der Waals surface area contributed by atoms with Crippen molar-refractivity contribution in [2.45, 2.75) is 18.9 Å². The average Bonchev–Trinajstić information content (AvgIpc) is 3.28. The van der Waals surface area contributed by atoms with Crippen LogP contribution in [0.1, 0.15) is 45.4 Å². The SMILES string of the molecule is CN(C)c1ncc(-c2ccc(C(N)=O)cc2)c([C@@H]2CCCN2C(=O)c2ccccn2)n1. The Labute approximate surface area is 180 Å². The molecule has 158 valence electrons. The lowest BCUT2D eigenvalue weighted by Crippen LogP contribution is -2.32. The van der Waals surface area contributed by atoms with Crippen LogP contribution < -0.4 is 10.6 Å². The minimum absolute atomic E-state index is 0.108. The van der Waals surface area contributed by atoms with Gasteiger partial charge >= 0.3 is 0 Å². The number of nitrogens with zero attached hydrogens (tertiary/aromatic N) is 5. The van der Waals surface area contributed by atoms with Crippen LogP contribution in [0.4, 0.5) is 5.95 Å². The second-order valence-electron chi connectivity index (χ2n) is 7.68. The van der Waals surface area contributed by atoms with Crippen molar-refractivity contribution >= 4 is 17.8 Å². The minimum Gasteiger partial charge on any atom is -0.366 e. The number of aromatic nitrogens is 3. The summed E-state index contributed by atoms with van der Waals surface area (Å²) in [7, 11) is 3.76. The van der Waals surface area contributed by atoms with Gasteiger partial charge in [-0.3, -0.25) is 14.6 Å². The molecule has 8 heteroatoms. The van der Waals surface area contributed by atoms with Crippen LogP contribution in [0, 0.1) is 0 Å². The Balaban J connectivity index is 1.77. The standard InChI is InChI=1S/C23H24N6O2/c1-28(2)23-26-14-17(15-8-10-16(11-9-15)21(24)30)20(27-23)19-7-5-13-29(19)22(31)18-6-3-4-12-25-18/h3-4,6,8-12,14,19H,5,7,13H2,1-2H3,(H2,24,30)/t19-/m0/s1. The Hall–Kier alpha value is -3.81. The molecule has 4 rings (SSSR count). The molecule has 0 spiro atoms. The highest BCUT2D eigenvalue weighted by Crippen LogP contribution is 2.37. The van der Waals surface area contributed by atoms with E-state index in [1.165, 1.54) is 0 Å². The first-order chi connectivity index (χ1) is 15.0. The molecular weight excluding hydrogens is 392 g/mol. The third-order valence-electron chi connectivity index (χ3n) is 5.40. The number of primary amides is 1. The lowest BCUT2D eigenvalue weighted by molar-refractivity contribution is 0.0727. The fourth-order valence-corrected chi connectivity index (χ4v) is 3.82. The fraction of sp³-hybridized carbons (Fsp3) is 0.261. The van der Waals surface area contributed by atoms with Crippen LogP contribution in [0.2, 0.25) is 0 Å². The molecule has 2 amide bonds. The molecule has 0 bridgehead atoms. The predicted octanol–water partition coefficient (Wildman–Crippen LogP) is 2.68. The van der Waals surface area contributed by atoms with E-state index in [-0.39, 0.29) is 11.9 Å². The number of hydrogen-bond donors (Lipinski definition) is 1. The number of likely N-dealkylation sites (tertiary alicyclic amines) is 1. The quantitative estimate of drug-likeness (QED) is 0.686. The van der Waals surface area contributed by atoms with Gasteiger partial charge in [-0.2, -0.15) is 0 Å². The van der Waals surface area contributed by atoms with Gasteiger partial charge in [0.05, 0.1) is 11.7 Å². The second-order valence-corrected chi connectivity index (χ2v) is 7.68. The van der Waals surface area contributed by atoms with Crippen LogP contribution in [-0.2, 0) is 0 Å². The summed E-state index contributed by atoms with van der Waals surface area (Å²) in [6, 6.07) is 12.2. The molecule has 31 heavy (non-hydrogen) atoms. The van der Waals surface area contributed by atoms with E-state index in [1.807, 2.05) is 42.1 Å².